The van der Waals surface area contributed by atoms with E-state index in [9.17, 15) is 9.18 Å². The Morgan fingerprint density at radius 2 is 2.00 bits per heavy atom. The van der Waals surface area contributed by atoms with Crippen LogP contribution >= 0.6 is 0 Å². The Bertz CT molecular complexity index is 910. The predicted octanol–water partition coefficient (Wildman–Crippen LogP) is 3.67. The molecule has 0 aliphatic heterocycles. The maximum Gasteiger partial charge on any atom is 0.232 e. The largest absolute Gasteiger partial charge is 0.361 e. The number of nitrogens with zero attached hydrogens (tertiary/aromatic N) is 3. The molecule has 0 saturated heterocycles. The fourth-order valence-electron chi connectivity index (χ4n) is 2.87. The van der Waals surface area contributed by atoms with E-state index in [0.29, 0.717) is 23.0 Å². The third kappa shape index (κ3) is 3.17. The highest BCUT2D eigenvalue weighted by atomic mass is 19.1. The van der Waals surface area contributed by atoms with Crippen LogP contribution in [0.4, 0.5) is 10.2 Å². The summed E-state index contributed by atoms with van der Waals surface area (Å²) in [6.45, 7) is 7.12. The third-order valence-corrected chi connectivity index (χ3v) is 4.08. The van der Waals surface area contributed by atoms with E-state index in [1.807, 2.05) is 0 Å². The van der Waals surface area contributed by atoms with Crippen molar-refractivity contribution in [2.24, 2.45) is 0 Å². The molecule has 6 nitrogen and oxygen atoms in total. The highest BCUT2D eigenvalue weighted by Gasteiger charge is 2.24. The van der Waals surface area contributed by atoms with E-state index in [2.05, 4.69) is 15.6 Å². The van der Waals surface area contributed by atoms with Crippen LogP contribution < -0.4 is 5.32 Å². The molecule has 0 aliphatic carbocycles. The molecule has 130 valence electrons. The minimum absolute atomic E-state index is 0.244. The first-order valence-corrected chi connectivity index (χ1v) is 7.93. The molecule has 1 amide bonds. The van der Waals surface area contributed by atoms with Crippen molar-refractivity contribution in [3.05, 3.63) is 58.9 Å². The van der Waals surface area contributed by atoms with Gasteiger partial charge in [0.15, 0.2) is 0 Å². The number of aryl methyl sites for hydroxylation is 3. The number of carbonyl (C=O) groups excluding carboxylic acids is 1. The van der Waals surface area contributed by atoms with E-state index in [1.165, 1.54) is 10.7 Å². The quantitative estimate of drug-likeness (QED) is 0.785. The first-order valence-electron chi connectivity index (χ1n) is 7.93. The van der Waals surface area contributed by atoms with E-state index in [-0.39, 0.29) is 11.6 Å². The maximum absolute atomic E-state index is 14.1. The Morgan fingerprint density at radius 1 is 1.28 bits per heavy atom. The van der Waals surface area contributed by atoms with Crippen LogP contribution in [0.5, 0.6) is 0 Å². The van der Waals surface area contributed by atoms with Gasteiger partial charge in [-0.05, 0) is 39.8 Å². The standard InChI is InChI=1S/C18H19FN4O2/c1-10-9-16(23(21-10)15-8-6-5-7-14(15)19)20-18(24)11(2)17-12(3)22-25-13(17)4/h5-9,11H,1-4H3,(H,20,24)/t11-/m1/s1. The molecule has 0 bridgehead atoms. The van der Waals surface area contributed by atoms with Gasteiger partial charge in [0.2, 0.25) is 5.91 Å². The van der Waals surface area contributed by atoms with Crippen LogP contribution in [0.3, 0.4) is 0 Å². The number of halogens is 1. The molecule has 0 radical (unpaired) electrons. The number of hydrogen-bond donors (Lipinski definition) is 1. The van der Waals surface area contributed by atoms with Gasteiger partial charge in [-0.25, -0.2) is 9.07 Å². The van der Waals surface area contributed by atoms with Crippen molar-refractivity contribution in [2.45, 2.75) is 33.6 Å². The summed E-state index contributed by atoms with van der Waals surface area (Å²) in [6.07, 6.45) is 0. The smallest absolute Gasteiger partial charge is 0.232 e. The van der Waals surface area contributed by atoms with Crippen molar-refractivity contribution in [2.75, 3.05) is 5.32 Å². The molecule has 0 spiro atoms. The van der Waals surface area contributed by atoms with Gasteiger partial charge in [0.25, 0.3) is 0 Å². The van der Waals surface area contributed by atoms with Gasteiger partial charge in [0.1, 0.15) is 23.1 Å². The van der Waals surface area contributed by atoms with Crippen molar-refractivity contribution < 1.29 is 13.7 Å². The summed E-state index contributed by atoms with van der Waals surface area (Å²) in [4.78, 5) is 12.7. The number of nitrogens with one attached hydrogen (secondary N) is 1. The molecule has 1 N–H and O–H groups in total. The lowest BCUT2D eigenvalue weighted by atomic mass is 9.99. The molecule has 2 aromatic heterocycles. The van der Waals surface area contributed by atoms with Crippen molar-refractivity contribution in [1.29, 1.82) is 0 Å². The predicted molar refractivity (Wildman–Crippen MR) is 91.3 cm³/mol. The summed E-state index contributed by atoms with van der Waals surface area (Å²) in [5.74, 6) is -0.104. The second-order valence-corrected chi connectivity index (χ2v) is 5.98. The van der Waals surface area contributed by atoms with Gasteiger partial charge in [0.05, 0.1) is 17.3 Å². The second-order valence-electron chi connectivity index (χ2n) is 5.98. The van der Waals surface area contributed by atoms with Crippen LogP contribution in [-0.2, 0) is 4.79 Å². The van der Waals surface area contributed by atoms with E-state index < -0.39 is 11.7 Å². The summed E-state index contributed by atoms with van der Waals surface area (Å²) in [6, 6.07) is 7.98. The van der Waals surface area contributed by atoms with E-state index >= 15 is 0 Å². The first-order chi connectivity index (χ1) is 11.9. The fourth-order valence-corrected chi connectivity index (χ4v) is 2.87. The van der Waals surface area contributed by atoms with E-state index in [0.717, 1.165) is 5.56 Å². The van der Waals surface area contributed by atoms with Gasteiger partial charge in [-0.2, -0.15) is 5.10 Å². The number of hydrogen-bond acceptors (Lipinski definition) is 4. The van der Waals surface area contributed by atoms with Gasteiger partial charge in [-0.3, -0.25) is 4.79 Å². The van der Waals surface area contributed by atoms with Crippen LogP contribution in [0.25, 0.3) is 5.69 Å². The number of carbonyl (C=O) groups is 1. The Kier molecular flexibility index (Phi) is 4.39. The van der Waals surface area contributed by atoms with Crippen molar-refractivity contribution in [3.8, 4) is 5.69 Å². The third-order valence-electron chi connectivity index (χ3n) is 4.08. The normalized spacial score (nSPS) is 12.2. The second kappa shape index (κ2) is 6.51. The molecule has 3 aromatic rings. The monoisotopic (exact) mass is 342 g/mol. The van der Waals surface area contributed by atoms with Gasteiger partial charge >= 0.3 is 0 Å². The Labute approximate surface area is 144 Å². The summed E-state index contributed by atoms with van der Waals surface area (Å²) in [7, 11) is 0. The summed E-state index contributed by atoms with van der Waals surface area (Å²) < 4.78 is 20.6. The number of aromatic nitrogens is 3. The molecule has 0 aliphatic rings. The summed E-state index contributed by atoms with van der Waals surface area (Å²) in [5.41, 5.74) is 2.38. The molecule has 25 heavy (non-hydrogen) atoms. The van der Waals surface area contributed by atoms with Gasteiger partial charge in [-0.1, -0.05) is 17.3 Å². The molecule has 1 atom stereocenters. The lowest BCUT2D eigenvalue weighted by Gasteiger charge is -2.13. The zero-order valence-electron chi connectivity index (χ0n) is 14.5. The van der Waals surface area contributed by atoms with Crippen LogP contribution in [0, 0.1) is 26.6 Å². The highest BCUT2D eigenvalue weighted by Crippen LogP contribution is 2.26. The summed E-state index contributed by atoms with van der Waals surface area (Å²) >= 11 is 0. The Morgan fingerprint density at radius 3 is 2.64 bits per heavy atom. The zero-order valence-corrected chi connectivity index (χ0v) is 14.5. The minimum atomic E-state index is -0.462. The SMILES string of the molecule is Cc1cc(NC(=O)[C@H](C)c2c(C)noc2C)n(-c2ccccc2F)n1. The van der Waals surface area contributed by atoms with Crippen LogP contribution in [0.1, 0.15) is 35.6 Å². The van der Waals surface area contributed by atoms with Crippen molar-refractivity contribution in [3.63, 3.8) is 0 Å². The van der Waals surface area contributed by atoms with Crippen LogP contribution in [0.2, 0.25) is 0 Å². The van der Waals surface area contributed by atoms with Crippen molar-refractivity contribution in [1.82, 2.24) is 14.9 Å². The van der Waals surface area contributed by atoms with E-state index in [1.54, 1.807) is 52.0 Å². The molecular weight excluding hydrogens is 323 g/mol. The van der Waals surface area contributed by atoms with Crippen molar-refractivity contribution >= 4 is 11.7 Å². The fraction of sp³-hybridized carbons (Fsp3) is 0.278. The Balaban J connectivity index is 1.91. The van der Waals surface area contributed by atoms with E-state index in [4.69, 9.17) is 4.52 Å². The van der Waals surface area contributed by atoms with Crippen LogP contribution in [0.15, 0.2) is 34.9 Å². The molecule has 7 heteroatoms. The minimum Gasteiger partial charge on any atom is -0.361 e. The number of para-hydroxylation sites is 1. The molecule has 3 rings (SSSR count). The highest BCUT2D eigenvalue weighted by molar-refractivity contribution is 5.95. The van der Waals surface area contributed by atoms with Gasteiger partial charge in [-0.15, -0.1) is 0 Å². The zero-order chi connectivity index (χ0) is 18.1. The molecule has 2 heterocycles. The van der Waals surface area contributed by atoms with Gasteiger partial charge < -0.3 is 9.84 Å². The number of rotatable bonds is 4. The summed E-state index contributed by atoms with van der Waals surface area (Å²) in [5, 5.41) is 11.0. The molecule has 0 fully saturated rings. The first kappa shape index (κ1) is 16.9. The maximum atomic E-state index is 14.1. The number of benzene rings is 1. The van der Waals surface area contributed by atoms with Gasteiger partial charge in [0, 0.05) is 11.6 Å². The Hall–Kier alpha value is -2.96. The molecule has 0 unspecified atom stereocenters. The average molecular weight is 342 g/mol. The average Bonchev–Trinajstić information content (AvgIpc) is 3.09. The molecule has 0 saturated carbocycles. The lowest BCUT2D eigenvalue weighted by Crippen LogP contribution is -2.21. The lowest BCUT2D eigenvalue weighted by molar-refractivity contribution is -0.117. The number of amides is 1. The molecule has 1 aromatic carbocycles. The topological polar surface area (TPSA) is 73.0 Å². The van der Waals surface area contributed by atoms with Crippen LogP contribution in [-0.4, -0.2) is 20.8 Å². The number of anilines is 1. The molecular formula is C18H19FN4O2.